The highest BCUT2D eigenvalue weighted by Crippen LogP contribution is 2.34. The molecule has 1 aromatic carbocycles. The van der Waals surface area contributed by atoms with Gasteiger partial charge in [0.15, 0.2) is 5.82 Å². The third kappa shape index (κ3) is 5.02. The predicted molar refractivity (Wildman–Crippen MR) is 148 cm³/mol. The number of hydrogen-bond donors (Lipinski definition) is 1. The first-order valence-corrected chi connectivity index (χ1v) is 13.4. The van der Waals surface area contributed by atoms with Crippen molar-refractivity contribution in [2.75, 3.05) is 67.6 Å². The molecule has 0 spiro atoms. The number of thiophene rings is 1. The molecule has 1 N–H and O–H groups in total. The third-order valence-electron chi connectivity index (χ3n) is 6.83. The number of ether oxygens (including phenoxy) is 1. The lowest BCUT2D eigenvalue weighted by Crippen LogP contribution is -2.46. The van der Waals surface area contributed by atoms with E-state index in [-0.39, 0.29) is 11.6 Å². The zero-order valence-electron chi connectivity index (χ0n) is 20.7. The number of carbonyl (C=O) groups excluding carboxylic acids is 2. The van der Waals surface area contributed by atoms with Gasteiger partial charge in [-0.3, -0.25) is 14.6 Å². The van der Waals surface area contributed by atoms with E-state index >= 15 is 0 Å². The highest BCUT2D eigenvalue weighted by molar-refractivity contribution is 7.22. The highest BCUT2D eigenvalue weighted by Gasteiger charge is 2.20. The lowest BCUT2D eigenvalue weighted by molar-refractivity contribution is -0.118. The van der Waals surface area contributed by atoms with E-state index in [9.17, 15) is 9.59 Å². The van der Waals surface area contributed by atoms with Gasteiger partial charge in [0.05, 0.1) is 35.7 Å². The lowest BCUT2D eigenvalue weighted by atomic mass is 10.2. The van der Waals surface area contributed by atoms with Gasteiger partial charge in [0, 0.05) is 62.0 Å². The van der Waals surface area contributed by atoms with E-state index in [1.165, 1.54) is 5.69 Å². The molecule has 2 aliphatic heterocycles. The molecule has 11 heteroatoms. The maximum atomic E-state index is 13.2. The van der Waals surface area contributed by atoms with Gasteiger partial charge in [0.2, 0.25) is 6.41 Å². The fourth-order valence-electron chi connectivity index (χ4n) is 4.78. The largest absolute Gasteiger partial charge is 0.378 e. The molecule has 0 bridgehead atoms. The van der Waals surface area contributed by atoms with Crippen molar-refractivity contribution in [3.05, 3.63) is 60.7 Å². The van der Waals surface area contributed by atoms with Gasteiger partial charge in [-0.15, -0.1) is 11.3 Å². The number of carbonyl (C=O) groups is 2. The monoisotopic (exact) mass is 529 g/mol. The van der Waals surface area contributed by atoms with Crippen LogP contribution in [-0.4, -0.2) is 84.7 Å². The molecular weight excluding hydrogens is 502 g/mol. The summed E-state index contributed by atoms with van der Waals surface area (Å²) in [4.78, 5) is 44.6. The van der Waals surface area contributed by atoms with Crippen molar-refractivity contribution in [2.24, 2.45) is 0 Å². The molecule has 0 radical (unpaired) electrons. The minimum atomic E-state index is -0.329. The van der Waals surface area contributed by atoms with E-state index in [1.807, 2.05) is 6.07 Å². The highest BCUT2D eigenvalue weighted by atomic mass is 32.1. The first-order chi connectivity index (χ1) is 18.7. The van der Waals surface area contributed by atoms with Crippen molar-refractivity contribution in [2.45, 2.75) is 0 Å². The Labute approximate surface area is 223 Å². The number of benzene rings is 1. The van der Waals surface area contributed by atoms with Gasteiger partial charge in [0.1, 0.15) is 5.69 Å². The number of fused-ring (bicyclic) bond motifs is 1. The average Bonchev–Trinajstić information content (AvgIpc) is 3.42. The molecular formula is C27H27N7O3S. The fourth-order valence-corrected chi connectivity index (χ4v) is 5.76. The second kappa shape index (κ2) is 10.7. The first kappa shape index (κ1) is 24.3. The molecule has 0 aliphatic carbocycles. The van der Waals surface area contributed by atoms with Gasteiger partial charge in [-0.1, -0.05) is 0 Å². The van der Waals surface area contributed by atoms with Crippen LogP contribution in [0.25, 0.3) is 20.8 Å². The number of pyridine rings is 1. The number of morpholine rings is 1. The lowest BCUT2D eigenvalue weighted by Gasteiger charge is -2.35. The number of anilines is 3. The topological polar surface area (TPSA) is 104 Å². The van der Waals surface area contributed by atoms with Crippen molar-refractivity contribution < 1.29 is 14.3 Å². The van der Waals surface area contributed by atoms with Crippen molar-refractivity contribution in [3.63, 3.8) is 0 Å². The number of aromatic nitrogens is 3. The fraction of sp³-hybridized carbons (Fsp3) is 0.296. The second-order valence-corrected chi connectivity index (χ2v) is 10.3. The first-order valence-electron chi connectivity index (χ1n) is 12.6. The van der Waals surface area contributed by atoms with Crippen LogP contribution in [0, 0.1) is 0 Å². The zero-order chi connectivity index (χ0) is 25.9. The molecule has 2 aliphatic rings. The standard InChI is InChI=1S/C27H27N7O3S/c35-18-32-7-9-34(10-8-32)23-4-5-28-17-22(23)31-27(36)21-3-6-29-26(30-21)25-16-19-15-20(1-2-24(19)38-25)33-11-13-37-14-12-33/h1-6,15-18H,7-14H2,(H,31,36). The quantitative estimate of drug-likeness (QED) is 0.380. The molecule has 0 unspecified atom stereocenters. The van der Waals surface area contributed by atoms with Crippen molar-refractivity contribution in [1.82, 2.24) is 19.9 Å². The Bertz CT molecular complexity index is 1460. The Hall–Kier alpha value is -4.09. The molecule has 2 fully saturated rings. The van der Waals surface area contributed by atoms with Gasteiger partial charge < -0.3 is 24.8 Å². The minimum Gasteiger partial charge on any atom is -0.378 e. The van der Waals surface area contributed by atoms with Crippen LogP contribution in [-0.2, 0) is 9.53 Å². The van der Waals surface area contributed by atoms with Crippen LogP contribution in [0.15, 0.2) is 55.0 Å². The number of rotatable bonds is 6. The summed E-state index contributed by atoms with van der Waals surface area (Å²) in [6.45, 7) is 5.90. The summed E-state index contributed by atoms with van der Waals surface area (Å²) < 4.78 is 6.62. The van der Waals surface area contributed by atoms with Gasteiger partial charge in [-0.25, -0.2) is 9.97 Å². The minimum absolute atomic E-state index is 0.280. The number of hydrogen-bond acceptors (Lipinski definition) is 9. The van der Waals surface area contributed by atoms with E-state index in [0.29, 0.717) is 37.7 Å². The Balaban J connectivity index is 1.21. The normalized spacial score (nSPS) is 16.1. The SMILES string of the molecule is O=CN1CCN(c2ccncc2NC(=O)c2ccnc(-c3cc4cc(N5CCOCC5)ccc4s3)n2)CC1. The maximum Gasteiger partial charge on any atom is 0.274 e. The van der Waals surface area contributed by atoms with Crippen LogP contribution in [0.2, 0.25) is 0 Å². The number of nitrogens with one attached hydrogen (secondary N) is 1. The van der Waals surface area contributed by atoms with E-state index in [1.54, 1.807) is 40.9 Å². The molecule has 10 nitrogen and oxygen atoms in total. The summed E-state index contributed by atoms with van der Waals surface area (Å²) in [5.41, 5.74) is 2.93. The molecule has 2 amide bonds. The summed E-state index contributed by atoms with van der Waals surface area (Å²) >= 11 is 1.61. The van der Waals surface area contributed by atoms with Crippen LogP contribution < -0.4 is 15.1 Å². The van der Waals surface area contributed by atoms with E-state index in [2.05, 4.69) is 54.3 Å². The molecule has 6 rings (SSSR count). The van der Waals surface area contributed by atoms with Crippen LogP contribution in [0.4, 0.5) is 17.1 Å². The predicted octanol–water partition coefficient (Wildman–Crippen LogP) is 3.12. The Morgan fingerprint density at radius 3 is 2.63 bits per heavy atom. The summed E-state index contributed by atoms with van der Waals surface area (Å²) in [6.07, 6.45) is 5.83. The molecule has 194 valence electrons. The van der Waals surface area contributed by atoms with Crippen LogP contribution >= 0.6 is 11.3 Å². The summed E-state index contributed by atoms with van der Waals surface area (Å²) in [7, 11) is 0. The van der Waals surface area contributed by atoms with Crippen LogP contribution in [0.5, 0.6) is 0 Å². The molecule has 2 saturated heterocycles. The third-order valence-corrected chi connectivity index (χ3v) is 7.95. The van der Waals surface area contributed by atoms with Crippen molar-refractivity contribution in [3.8, 4) is 10.7 Å². The second-order valence-electron chi connectivity index (χ2n) is 9.17. The average molecular weight is 530 g/mol. The molecule has 38 heavy (non-hydrogen) atoms. The van der Waals surface area contributed by atoms with Crippen molar-refractivity contribution >= 4 is 50.8 Å². The van der Waals surface area contributed by atoms with Gasteiger partial charge in [-0.2, -0.15) is 0 Å². The van der Waals surface area contributed by atoms with Crippen LogP contribution in [0.3, 0.4) is 0 Å². The molecule has 4 aromatic rings. The molecule has 0 saturated carbocycles. The van der Waals surface area contributed by atoms with E-state index in [0.717, 1.165) is 53.4 Å². The summed E-state index contributed by atoms with van der Waals surface area (Å²) in [5.74, 6) is 0.188. The smallest absolute Gasteiger partial charge is 0.274 e. The van der Waals surface area contributed by atoms with Gasteiger partial charge in [-0.05, 0) is 41.8 Å². The Morgan fingerprint density at radius 1 is 0.974 bits per heavy atom. The molecule has 3 aromatic heterocycles. The van der Waals surface area contributed by atoms with Gasteiger partial charge >= 0.3 is 0 Å². The Morgan fingerprint density at radius 2 is 1.82 bits per heavy atom. The van der Waals surface area contributed by atoms with E-state index in [4.69, 9.17) is 4.74 Å². The Kier molecular flexibility index (Phi) is 6.84. The summed E-state index contributed by atoms with van der Waals surface area (Å²) in [6, 6.07) is 12.0. The van der Waals surface area contributed by atoms with Gasteiger partial charge in [0.25, 0.3) is 5.91 Å². The van der Waals surface area contributed by atoms with Crippen molar-refractivity contribution in [1.29, 1.82) is 0 Å². The van der Waals surface area contributed by atoms with E-state index < -0.39 is 0 Å². The zero-order valence-corrected chi connectivity index (χ0v) is 21.6. The molecule has 0 atom stereocenters. The number of amides is 2. The number of nitrogens with zero attached hydrogens (tertiary/aromatic N) is 6. The number of piperazine rings is 1. The summed E-state index contributed by atoms with van der Waals surface area (Å²) in [5, 5.41) is 4.10. The molecule has 5 heterocycles. The van der Waals surface area contributed by atoms with Crippen LogP contribution in [0.1, 0.15) is 10.5 Å². The maximum absolute atomic E-state index is 13.2.